The van der Waals surface area contributed by atoms with Crippen molar-refractivity contribution >= 4 is 11.6 Å². The molecule has 0 radical (unpaired) electrons. The monoisotopic (exact) mass is 312 g/mol. The van der Waals surface area contributed by atoms with Gasteiger partial charge in [0, 0.05) is 11.6 Å². The van der Waals surface area contributed by atoms with E-state index < -0.39 is 0 Å². The SMILES string of the molecule is COc1ccc(/C(C)=N/NC(=O)Cc2ccccc2)c(OC)c1. The van der Waals surface area contributed by atoms with Crippen molar-refractivity contribution in [2.75, 3.05) is 14.2 Å². The van der Waals surface area contributed by atoms with Crippen molar-refractivity contribution in [1.29, 1.82) is 0 Å². The van der Waals surface area contributed by atoms with Gasteiger partial charge in [0.1, 0.15) is 11.5 Å². The van der Waals surface area contributed by atoms with Gasteiger partial charge < -0.3 is 9.47 Å². The Morgan fingerprint density at radius 3 is 2.48 bits per heavy atom. The van der Waals surface area contributed by atoms with Crippen LogP contribution in [0.25, 0.3) is 0 Å². The van der Waals surface area contributed by atoms with Gasteiger partial charge in [0.2, 0.25) is 5.91 Å². The summed E-state index contributed by atoms with van der Waals surface area (Å²) in [7, 11) is 3.18. The molecule has 0 fully saturated rings. The molecule has 0 unspecified atom stereocenters. The molecule has 0 spiro atoms. The van der Waals surface area contributed by atoms with Crippen LogP contribution in [0.4, 0.5) is 0 Å². The van der Waals surface area contributed by atoms with Gasteiger partial charge in [-0.15, -0.1) is 0 Å². The van der Waals surface area contributed by atoms with Crippen molar-refractivity contribution in [2.24, 2.45) is 5.10 Å². The molecule has 0 aliphatic heterocycles. The van der Waals surface area contributed by atoms with Gasteiger partial charge in [0.25, 0.3) is 0 Å². The van der Waals surface area contributed by atoms with Gasteiger partial charge in [-0.2, -0.15) is 5.10 Å². The van der Waals surface area contributed by atoms with Crippen LogP contribution in [-0.2, 0) is 11.2 Å². The smallest absolute Gasteiger partial charge is 0.244 e. The third-order valence-corrected chi connectivity index (χ3v) is 3.35. The normalized spacial score (nSPS) is 11.0. The molecule has 0 atom stereocenters. The fourth-order valence-electron chi connectivity index (χ4n) is 2.12. The first-order valence-corrected chi connectivity index (χ1v) is 7.23. The van der Waals surface area contributed by atoms with Gasteiger partial charge in [0.05, 0.1) is 26.4 Å². The highest BCUT2D eigenvalue weighted by atomic mass is 16.5. The minimum atomic E-state index is -0.164. The predicted octanol–water partition coefficient (Wildman–Crippen LogP) is 2.79. The Hall–Kier alpha value is -2.82. The van der Waals surface area contributed by atoms with Crippen LogP contribution in [0, 0.1) is 0 Å². The highest BCUT2D eigenvalue weighted by Crippen LogP contribution is 2.25. The molecular weight excluding hydrogens is 292 g/mol. The maximum Gasteiger partial charge on any atom is 0.244 e. The molecule has 5 heteroatoms. The van der Waals surface area contributed by atoms with Crippen LogP contribution in [0.15, 0.2) is 53.6 Å². The lowest BCUT2D eigenvalue weighted by Gasteiger charge is -2.10. The summed E-state index contributed by atoms with van der Waals surface area (Å²) in [6.07, 6.45) is 0.289. The summed E-state index contributed by atoms with van der Waals surface area (Å²) in [6, 6.07) is 15.0. The quantitative estimate of drug-likeness (QED) is 0.659. The topological polar surface area (TPSA) is 59.9 Å². The number of carbonyl (C=O) groups is 1. The van der Waals surface area contributed by atoms with Crippen LogP contribution in [0.2, 0.25) is 0 Å². The number of ether oxygens (including phenoxy) is 2. The molecule has 120 valence electrons. The highest BCUT2D eigenvalue weighted by Gasteiger charge is 2.09. The molecule has 2 aromatic rings. The van der Waals surface area contributed by atoms with E-state index in [1.165, 1.54) is 0 Å². The van der Waals surface area contributed by atoms with E-state index in [1.807, 2.05) is 49.4 Å². The summed E-state index contributed by atoms with van der Waals surface area (Å²) >= 11 is 0. The van der Waals surface area contributed by atoms with E-state index in [0.717, 1.165) is 11.1 Å². The molecule has 0 aromatic heterocycles. The first kappa shape index (κ1) is 16.5. The van der Waals surface area contributed by atoms with Crippen LogP contribution in [0.1, 0.15) is 18.1 Å². The second-order valence-electron chi connectivity index (χ2n) is 4.96. The number of hydrogen-bond donors (Lipinski definition) is 1. The number of carbonyl (C=O) groups excluding carboxylic acids is 1. The molecule has 0 aliphatic carbocycles. The highest BCUT2D eigenvalue weighted by molar-refractivity contribution is 6.01. The molecule has 5 nitrogen and oxygen atoms in total. The van der Waals surface area contributed by atoms with Crippen LogP contribution < -0.4 is 14.9 Å². The number of amides is 1. The van der Waals surface area contributed by atoms with Crippen LogP contribution in [0.5, 0.6) is 11.5 Å². The number of hydrogen-bond acceptors (Lipinski definition) is 4. The number of hydrazone groups is 1. The van der Waals surface area contributed by atoms with Crippen LogP contribution in [0.3, 0.4) is 0 Å². The molecular formula is C18H20N2O3. The zero-order chi connectivity index (χ0) is 16.7. The average molecular weight is 312 g/mol. The third-order valence-electron chi connectivity index (χ3n) is 3.35. The first-order valence-electron chi connectivity index (χ1n) is 7.23. The number of methoxy groups -OCH3 is 2. The van der Waals surface area contributed by atoms with Gasteiger partial charge in [0.15, 0.2) is 0 Å². The molecule has 0 aliphatic rings. The molecule has 0 saturated carbocycles. The van der Waals surface area contributed by atoms with Crippen molar-refractivity contribution in [3.63, 3.8) is 0 Å². The van der Waals surface area contributed by atoms with Crippen molar-refractivity contribution in [1.82, 2.24) is 5.43 Å². The number of nitrogens with zero attached hydrogens (tertiary/aromatic N) is 1. The zero-order valence-electron chi connectivity index (χ0n) is 13.5. The molecule has 0 bridgehead atoms. The van der Waals surface area contributed by atoms with Crippen LogP contribution >= 0.6 is 0 Å². The van der Waals surface area contributed by atoms with Crippen molar-refractivity contribution in [3.8, 4) is 11.5 Å². The molecule has 0 heterocycles. The Kier molecular flexibility index (Phi) is 5.74. The second-order valence-corrected chi connectivity index (χ2v) is 4.96. The first-order chi connectivity index (χ1) is 11.1. The third kappa shape index (κ3) is 4.57. The van der Waals surface area contributed by atoms with Crippen molar-refractivity contribution < 1.29 is 14.3 Å². The van der Waals surface area contributed by atoms with E-state index in [4.69, 9.17) is 9.47 Å². The zero-order valence-corrected chi connectivity index (χ0v) is 13.5. The van der Waals surface area contributed by atoms with Gasteiger partial charge in [-0.25, -0.2) is 5.43 Å². The Morgan fingerprint density at radius 1 is 1.09 bits per heavy atom. The van der Waals surface area contributed by atoms with E-state index in [9.17, 15) is 4.79 Å². The number of benzene rings is 2. The van der Waals surface area contributed by atoms with E-state index in [1.54, 1.807) is 20.3 Å². The maximum absolute atomic E-state index is 11.9. The Labute approximate surface area is 135 Å². The number of nitrogens with one attached hydrogen (secondary N) is 1. The van der Waals surface area contributed by atoms with Gasteiger partial charge in [-0.3, -0.25) is 4.79 Å². The van der Waals surface area contributed by atoms with Gasteiger partial charge in [-0.05, 0) is 24.6 Å². The van der Waals surface area contributed by atoms with Gasteiger partial charge in [-0.1, -0.05) is 30.3 Å². The summed E-state index contributed by atoms with van der Waals surface area (Å²) in [5, 5.41) is 4.15. The average Bonchev–Trinajstić information content (AvgIpc) is 2.60. The van der Waals surface area contributed by atoms with Gasteiger partial charge >= 0.3 is 0 Å². The molecule has 0 saturated heterocycles. The maximum atomic E-state index is 11.9. The minimum absolute atomic E-state index is 0.164. The summed E-state index contributed by atoms with van der Waals surface area (Å²) in [6.45, 7) is 1.81. The Morgan fingerprint density at radius 2 is 1.83 bits per heavy atom. The lowest BCUT2D eigenvalue weighted by atomic mass is 10.1. The molecule has 2 aromatic carbocycles. The van der Waals surface area contributed by atoms with E-state index in [0.29, 0.717) is 17.2 Å². The molecule has 1 N–H and O–H groups in total. The molecule has 1 amide bonds. The summed E-state index contributed by atoms with van der Waals surface area (Å²) < 4.78 is 10.5. The minimum Gasteiger partial charge on any atom is -0.497 e. The fourth-order valence-corrected chi connectivity index (χ4v) is 2.12. The summed E-state index contributed by atoms with van der Waals surface area (Å²) in [5.41, 5.74) is 4.97. The molecule has 23 heavy (non-hydrogen) atoms. The largest absolute Gasteiger partial charge is 0.497 e. The fraction of sp³-hybridized carbons (Fsp3) is 0.222. The summed E-state index contributed by atoms with van der Waals surface area (Å²) in [5.74, 6) is 1.18. The molecule has 2 rings (SSSR count). The van der Waals surface area contributed by atoms with Crippen molar-refractivity contribution in [3.05, 3.63) is 59.7 Å². The van der Waals surface area contributed by atoms with Crippen molar-refractivity contribution in [2.45, 2.75) is 13.3 Å². The standard InChI is InChI=1S/C18H20N2O3/c1-13(16-10-9-15(22-2)12-17(16)23-3)19-20-18(21)11-14-7-5-4-6-8-14/h4-10,12H,11H2,1-3H3,(H,20,21)/b19-13+. The lowest BCUT2D eigenvalue weighted by Crippen LogP contribution is -2.21. The second kappa shape index (κ2) is 7.98. The predicted molar refractivity (Wildman–Crippen MR) is 90.0 cm³/mol. The summed E-state index contributed by atoms with van der Waals surface area (Å²) in [4.78, 5) is 11.9. The Bertz CT molecular complexity index is 697. The van der Waals surface area contributed by atoms with E-state index in [-0.39, 0.29) is 12.3 Å². The number of rotatable bonds is 6. The van der Waals surface area contributed by atoms with E-state index >= 15 is 0 Å². The van der Waals surface area contributed by atoms with E-state index in [2.05, 4.69) is 10.5 Å². The lowest BCUT2D eigenvalue weighted by molar-refractivity contribution is -0.120. The Balaban J connectivity index is 2.06. The van der Waals surface area contributed by atoms with Crippen LogP contribution in [-0.4, -0.2) is 25.8 Å².